The summed E-state index contributed by atoms with van der Waals surface area (Å²) < 4.78 is 0. The van der Waals surface area contributed by atoms with Gasteiger partial charge in [0.15, 0.2) is 0 Å². The van der Waals surface area contributed by atoms with E-state index in [1.165, 1.54) is 11.3 Å². The van der Waals surface area contributed by atoms with Gasteiger partial charge in [-0.1, -0.05) is 0 Å². The second-order valence-electron chi connectivity index (χ2n) is 6.21. The van der Waals surface area contributed by atoms with Gasteiger partial charge in [0, 0.05) is 49.3 Å². The zero-order valence-electron chi connectivity index (χ0n) is 14.7. The number of aromatic nitrogens is 5. The molecule has 0 saturated heterocycles. The van der Waals surface area contributed by atoms with Crippen molar-refractivity contribution in [3.8, 4) is 10.7 Å². The summed E-state index contributed by atoms with van der Waals surface area (Å²) in [6.45, 7) is 4.70. The van der Waals surface area contributed by atoms with Gasteiger partial charge >= 0.3 is 0 Å². The van der Waals surface area contributed by atoms with Crippen molar-refractivity contribution < 1.29 is 0 Å². The van der Waals surface area contributed by atoms with Crippen LogP contribution >= 0.6 is 11.3 Å². The number of rotatable bonds is 5. The molecule has 1 aliphatic rings. The highest BCUT2D eigenvalue weighted by Gasteiger charge is 2.15. The molecule has 0 aromatic carbocycles. The average Bonchev–Trinajstić information content (AvgIpc) is 3.00. The molecule has 0 spiro atoms. The van der Waals surface area contributed by atoms with Gasteiger partial charge in [0.1, 0.15) is 22.3 Å². The molecule has 0 amide bonds. The van der Waals surface area contributed by atoms with E-state index in [1.807, 2.05) is 6.92 Å². The van der Waals surface area contributed by atoms with E-state index in [0.29, 0.717) is 0 Å². The van der Waals surface area contributed by atoms with E-state index in [0.717, 1.165) is 66.9 Å². The molecule has 0 aliphatic carbocycles. The van der Waals surface area contributed by atoms with Crippen LogP contribution in [-0.2, 0) is 19.3 Å². The SMILES string of the molecule is Cc1nc2c(c(NCCc3csc(-c4cnccn4)n3)n1)CCNCC2. The quantitative estimate of drug-likeness (QED) is 0.713. The number of nitrogens with one attached hydrogen (secondary N) is 2. The molecule has 134 valence electrons. The largest absolute Gasteiger partial charge is 0.369 e. The van der Waals surface area contributed by atoms with E-state index in [-0.39, 0.29) is 0 Å². The summed E-state index contributed by atoms with van der Waals surface area (Å²) in [5.74, 6) is 1.80. The lowest BCUT2D eigenvalue weighted by Crippen LogP contribution is -2.16. The van der Waals surface area contributed by atoms with Crippen molar-refractivity contribution in [2.45, 2.75) is 26.2 Å². The monoisotopic (exact) mass is 367 g/mol. The molecule has 1 aliphatic heterocycles. The Bertz CT molecular complexity index is 879. The molecular formula is C18H21N7S. The van der Waals surface area contributed by atoms with Crippen LogP contribution in [0.2, 0.25) is 0 Å². The molecule has 0 bridgehead atoms. The van der Waals surface area contributed by atoms with Crippen LogP contribution in [0.5, 0.6) is 0 Å². The van der Waals surface area contributed by atoms with Gasteiger partial charge in [0.2, 0.25) is 0 Å². The van der Waals surface area contributed by atoms with Crippen molar-refractivity contribution in [1.82, 2.24) is 30.2 Å². The van der Waals surface area contributed by atoms with Crippen molar-refractivity contribution in [3.63, 3.8) is 0 Å². The first-order valence-electron chi connectivity index (χ1n) is 8.81. The van der Waals surface area contributed by atoms with Crippen LogP contribution in [0.15, 0.2) is 24.0 Å². The summed E-state index contributed by atoms with van der Waals surface area (Å²) >= 11 is 1.60. The summed E-state index contributed by atoms with van der Waals surface area (Å²) in [5.41, 5.74) is 4.30. The van der Waals surface area contributed by atoms with Crippen LogP contribution < -0.4 is 10.6 Å². The third kappa shape index (κ3) is 3.86. The third-order valence-corrected chi connectivity index (χ3v) is 5.22. The Morgan fingerprint density at radius 1 is 1.15 bits per heavy atom. The lowest BCUT2D eigenvalue weighted by Gasteiger charge is -2.13. The minimum Gasteiger partial charge on any atom is -0.369 e. The van der Waals surface area contributed by atoms with Gasteiger partial charge in [0.25, 0.3) is 0 Å². The highest BCUT2D eigenvalue weighted by molar-refractivity contribution is 7.13. The molecule has 2 N–H and O–H groups in total. The van der Waals surface area contributed by atoms with Gasteiger partial charge in [-0.3, -0.25) is 9.97 Å². The van der Waals surface area contributed by atoms with Crippen molar-refractivity contribution in [2.75, 3.05) is 25.0 Å². The van der Waals surface area contributed by atoms with E-state index in [2.05, 4.69) is 40.9 Å². The molecule has 0 fully saturated rings. The van der Waals surface area contributed by atoms with E-state index in [9.17, 15) is 0 Å². The fourth-order valence-electron chi connectivity index (χ4n) is 3.07. The van der Waals surface area contributed by atoms with Crippen LogP contribution in [0, 0.1) is 6.92 Å². The molecule has 4 rings (SSSR count). The molecule has 0 radical (unpaired) electrons. The fraction of sp³-hybridized carbons (Fsp3) is 0.389. The first kappa shape index (κ1) is 17.0. The molecule has 8 heteroatoms. The molecular weight excluding hydrogens is 346 g/mol. The van der Waals surface area contributed by atoms with Crippen LogP contribution in [0.25, 0.3) is 10.7 Å². The van der Waals surface area contributed by atoms with E-state index < -0.39 is 0 Å². The maximum Gasteiger partial charge on any atom is 0.143 e. The Morgan fingerprint density at radius 3 is 2.96 bits per heavy atom. The van der Waals surface area contributed by atoms with Crippen LogP contribution in [0.4, 0.5) is 5.82 Å². The summed E-state index contributed by atoms with van der Waals surface area (Å²) in [4.78, 5) is 22.3. The lowest BCUT2D eigenvalue weighted by molar-refractivity contribution is 0.708. The minimum atomic E-state index is 0.792. The van der Waals surface area contributed by atoms with Gasteiger partial charge < -0.3 is 10.6 Å². The Labute approximate surface area is 156 Å². The molecule has 3 aromatic rings. The fourth-order valence-corrected chi connectivity index (χ4v) is 3.89. The number of thiazole rings is 1. The smallest absolute Gasteiger partial charge is 0.143 e. The van der Waals surface area contributed by atoms with Gasteiger partial charge in [0.05, 0.1) is 17.6 Å². The molecule has 3 aromatic heterocycles. The number of fused-ring (bicyclic) bond motifs is 1. The average molecular weight is 367 g/mol. The highest BCUT2D eigenvalue weighted by atomic mass is 32.1. The predicted molar refractivity (Wildman–Crippen MR) is 102 cm³/mol. The van der Waals surface area contributed by atoms with E-state index >= 15 is 0 Å². The van der Waals surface area contributed by atoms with Crippen LogP contribution in [0.3, 0.4) is 0 Å². The number of nitrogens with zero attached hydrogens (tertiary/aromatic N) is 5. The minimum absolute atomic E-state index is 0.792. The maximum absolute atomic E-state index is 4.66. The zero-order valence-corrected chi connectivity index (χ0v) is 15.5. The normalized spacial score (nSPS) is 13.9. The number of hydrogen-bond donors (Lipinski definition) is 2. The molecule has 4 heterocycles. The van der Waals surface area contributed by atoms with E-state index in [4.69, 9.17) is 0 Å². The Morgan fingerprint density at radius 2 is 2.08 bits per heavy atom. The van der Waals surface area contributed by atoms with Crippen molar-refractivity contribution in [3.05, 3.63) is 46.7 Å². The standard InChI is InChI=1S/C18H21N7S/c1-12-23-15-4-6-19-5-3-14(15)17(24-12)22-7-2-13-11-26-18(25-13)16-10-20-8-9-21-16/h8-11,19H,2-7H2,1H3,(H,22,23,24). The molecule has 0 unspecified atom stereocenters. The van der Waals surface area contributed by atoms with Gasteiger partial charge in [-0.15, -0.1) is 11.3 Å². The second-order valence-corrected chi connectivity index (χ2v) is 7.06. The summed E-state index contributed by atoms with van der Waals surface area (Å²) in [6.07, 6.45) is 7.87. The Kier molecular flexibility index (Phi) is 5.12. The predicted octanol–water partition coefficient (Wildman–Crippen LogP) is 2.04. The van der Waals surface area contributed by atoms with Crippen molar-refractivity contribution in [1.29, 1.82) is 0 Å². The topological polar surface area (TPSA) is 88.5 Å². The van der Waals surface area contributed by atoms with Crippen molar-refractivity contribution >= 4 is 17.2 Å². The van der Waals surface area contributed by atoms with E-state index in [1.54, 1.807) is 29.9 Å². The molecule has 0 atom stereocenters. The van der Waals surface area contributed by atoms with Crippen LogP contribution in [0.1, 0.15) is 22.8 Å². The number of aryl methyl sites for hydroxylation is 1. The summed E-state index contributed by atoms with van der Waals surface area (Å²) in [6, 6.07) is 0. The molecule has 7 nitrogen and oxygen atoms in total. The number of hydrogen-bond acceptors (Lipinski definition) is 8. The first-order valence-corrected chi connectivity index (χ1v) is 9.69. The number of anilines is 1. The highest BCUT2D eigenvalue weighted by Crippen LogP contribution is 2.22. The van der Waals surface area contributed by atoms with Gasteiger partial charge in [-0.2, -0.15) is 0 Å². The molecule has 26 heavy (non-hydrogen) atoms. The maximum atomic E-state index is 4.66. The van der Waals surface area contributed by atoms with Crippen LogP contribution in [-0.4, -0.2) is 44.6 Å². The summed E-state index contributed by atoms with van der Waals surface area (Å²) in [5, 5.41) is 9.92. The Hall–Kier alpha value is -2.45. The van der Waals surface area contributed by atoms with Gasteiger partial charge in [-0.05, 0) is 19.9 Å². The lowest BCUT2D eigenvalue weighted by atomic mass is 10.1. The zero-order chi connectivity index (χ0) is 17.8. The second kappa shape index (κ2) is 7.84. The van der Waals surface area contributed by atoms with Crippen molar-refractivity contribution in [2.24, 2.45) is 0 Å². The Balaban J connectivity index is 1.43. The van der Waals surface area contributed by atoms with Gasteiger partial charge in [-0.25, -0.2) is 15.0 Å². The third-order valence-electron chi connectivity index (χ3n) is 4.30. The first-order chi connectivity index (χ1) is 12.8. The summed E-state index contributed by atoms with van der Waals surface area (Å²) in [7, 11) is 0. The molecule has 0 saturated carbocycles.